The molecule has 2 rings (SSSR count). The van der Waals surface area contributed by atoms with Crippen molar-refractivity contribution in [3.63, 3.8) is 0 Å². The minimum absolute atomic E-state index is 0.0133. The molecule has 1 heterocycles. The summed E-state index contributed by atoms with van der Waals surface area (Å²) in [4.78, 5) is 26.0. The highest BCUT2D eigenvalue weighted by Gasteiger charge is 2.35. The Balaban J connectivity index is 1.99. The number of amides is 2. The maximum absolute atomic E-state index is 12.2. The summed E-state index contributed by atoms with van der Waals surface area (Å²) < 4.78 is 0. The van der Waals surface area contributed by atoms with Crippen LogP contribution in [0.3, 0.4) is 0 Å². The van der Waals surface area contributed by atoms with Crippen molar-refractivity contribution >= 4 is 29.1 Å². The molecule has 0 radical (unpaired) electrons. The van der Waals surface area contributed by atoms with Crippen LogP contribution in [-0.4, -0.2) is 24.4 Å². The molecule has 1 aromatic carbocycles. The molecule has 1 saturated heterocycles. The minimum atomic E-state index is -0.271. The first-order valence-electron chi connectivity index (χ1n) is 7.37. The Morgan fingerprint density at radius 1 is 1.43 bits per heavy atom. The van der Waals surface area contributed by atoms with Gasteiger partial charge in [-0.1, -0.05) is 24.9 Å². The van der Waals surface area contributed by atoms with Crippen LogP contribution in [-0.2, 0) is 9.59 Å². The normalized spacial score (nSPS) is 19.7. The smallest absolute Gasteiger partial charge is 0.227 e. The molecule has 1 aliphatic heterocycles. The molecular weight excluding hydrogens is 288 g/mol. The van der Waals surface area contributed by atoms with Gasteiger partial charge in [0.1, 0.15) is 0 Å². The number of nitrogens with zero attached hydrogens (tertiary/aromatic N) is 1. The Labute approximate surface area is 130 Å². The molecular formula is C16H21ClN2O2. The van der Waals surface area contributed by atoms with Gasteiger partial charge in [0.2, 0.25) is 11.8 Å². The molecule has 2 atom stereocenters. The first kappa shape index (κ1) is 15.8. The maximum Gasteiger partial charge on any atom is 0.227 e. The van der Waals surface area contributed by atoms with Gasteiger partial charge in [-0.25, -0.2) is 0 Å². The average Bonchev–Trinajstić information content (AvgIpc) is 2.82. The van der Waals surface area contributed by atoms with Crippen LogP contribution < -0.4 is 10.2 Å². The van der Waals surface area contributed by atoms with Gasteiger partial charge in [-0.3, -0.25) is 9.59 Å². The summed E-state index contributed by atoms with van der Waals surface area (Å²) in [6.45, 7) is 4.52. The number of nitrogens with one attached hydrogen (secondary N) is 1. The molecule has 4 nitrogen and oxygen atoms in total. The van der Waals surface area contributed by atoms with E-state index in [0.717, 1.165) is 18.5 Å². The number of carbonyl (C=O) groups excluding carboxylic acids is 2. The number of halogens is 1. The van der Waals surface area contributed by atoms with Crippen molar-refractivity contribution in [3.8, 4) is 0 Å². The number of anilines is 1. The fourth-order valence-electron chi connectivity index (χ4n) is 2.62. The molecule has 2 amide bonds. The molecule has 0 aromatic heterocycles. The Morgan fingerprint density at radius 2 is 2.10 bits per heavy atom. The van der Waals surface area contributed by atoms with Gasteiger partial charge in [0.05, 0.1) is 5.92 Å². The predicted octanol–water partition coefficient (Wildman–Crippen LogP) is 3.00. The number of hydrogen-bond acceptors (Lipinski definition) is 2. The standard InChI is InChI=1S/C16H21ClN2O2/c1-3-4-11(2)18-16(21)12-9-15(20)19(10-12)14-7-5-13(17)6-8-14/h5-8,11-12H,3-4,9-10H2,1-2H3,(H,18,21)/t11-,12-/m0/s1. The molecule has 1 N–H and O–H groups in total. The topological polar surface area (TPSA) is 49.4 Å². The summed E-state index contributed by atoms with van der Waals surface area (Å²) in [6, 6.07) is 7.27. The summed E-state index contributed by atoms with van der Waals surface area (Å²) in [6.07, 6.45) is 2.25. The van der Waals surface area contributed by atoms with E-state index in [9.17, 15) is 9.59 Å². The number of hydrogen-bond donors (Lipinski definition) is 1. The lowest BCUT2D eigenvalue weighted by Gasteiger charge is -2.18. The van der Waals surface area contributed by atoms with Crippen LogP contribution in [0.15, 0.2) is 24.3 Å². The van der Waals surface area contributed by atoms with Gasteiger partial charge in [-0.05, 0) is 37.6 Å². The van der Waals surface area contributed by atoms with E-state index < -0.39 is 0 Å². The van der Waals surface area contributed by atoms with Gasteiger partial charge in [0.15, 0.2) is 0 Å². The maximum atomic E-state index is 12.2. The molecule has 21 heavy (non-hydrogen) atoms. The predicted molar refractivity (Wildman–Crippen MR) is 84.4 cm³/mol. The molecule has 1 fully saturated rings. The molecule has 0 unspecified atom stereocenters. The lowest BCUT2D eigenvalue weighted by Crippen LogP contribution is -2.38. The molecule has 0 bridgehead atoms. The van der Waals surface area contributed by atoms with Crippen molar-refractivity contribution < 1.29 is 9.59 Å². The molecule has 0 spiro atoms. The third kappa shape index (κ3) is 3.97. The fourth-order valence-corrected chi connectivity index (χ4v) is 2.75. The first-order valence-corrected chi connectivity index (χ1v) is 7.75. The highest BCUT2D eigenvalue weighted by Crippen LogP contribution is 2.26. The van der Waals surface area contributed by atoms with Gasteiger partial charge in [0, 0.05) is 29.7 Å². The van der Waals surface area contributed by atoms with Crippen LogP contribution in [0.25, 0.3) is 0 Å². The zero-order valence-corrected chi connectivity index (χ0v) is 13.2. The van der Waals surface area contributed by atoms with Gasteiger partial charge in [-0.2, -0.15) is 0 Å². The molecule has 5 heteroatoms. The van der Waals surface area contributed by atoms with Gasteiger partial charge in [-0.15, -0.1) is 0 Å². The summed E-state index contributed by atoms with van der Waals surface area (Å²) in [5.41, 5.74) is 0.793. The van der Waals surface area contributed by atoms with E-state index >= 15 is 0 Å². The zero-order chi connectivity index (χ0) is 15.4. The molecule has 114 valence electrons. The van der Waals surface area contributed by atoms with Crippen LogP contribution in [0.4, 0.5) is 5.69 Å². The second kappa shape index (κ2) is 6.94. The summed E-state index contributed by atoms with van der Waals surface area (Å²) in [7, 11) is 0. The van der Waals surface area contributed by atoms with Crippen molar-refractivity contribution in [2.24, 2.45) is 5.92 Å². The van der Waals surface area contributed by atoms with E-state index in [1.807, 2.05) is 6.92 Å². The second-order valence-corrected chi connectivity index (χ2v) is 6.02. The molecule has 1 aliphatic rings. The minimum Gasteiger partial charge on any atom is -0.353 e. The monoisotopic (exact) mass is 308 g/mol. The van der Waals surface area contributed by atoms with Crippen molar-refractivity contribution in [2.45, 2.75) is 39.2 Å². The quantitative estimate of drug-likeness (QED) is 0.909. The highest BCUT2D eigenvalue weighted by atomic mass is 35.5. The number of rotatable bonds is 5. The van der Waals surface area contributed by atoms with Gasteiger partial charge < -0.3 is 10.2 Å². The van der Waals surface area contributed by atoms with Gasteiger partial charge in [0.25, 0.3) is 0 Å². The Morgan fingerprint density at radius 3 is 2.71 bits per heavy atom. The number of benzene rings is 1. The van der Waals surface area contributed by atoms with Crippen LogP contribution >= 0.6 is 11.6 Å². The van der Waals surface area contributed by atoms with Crippen LogP contribution in [0.2, 0.25) is 5.02 Å². The van der Waals surface area contributed by atoms with Crippen molar-refractivity contribution in [1.82, 2.24) is 5.32 Å². The highest BCUT2D eigenvalue weighted by molar-refractivity contribution is 6.30. The Kier molecular flexibility index (Phi) is 5.23. The SMILES string of the molecule is CCC[C@H](C)NC(=O)[C@H]1CC(=O)N(c2ccc(Cl)cc2)C1. The lowest BCUT2D eigenvalue weighted by molar-refractivity contribution is -0.126. The van der Waals surface area contributed by atoms with E-state index in [2.05, 4.69) is 12.2 Å². The van der Waals surface area contributed by atoms with E-state index in [4.69, 9.17) is 11.6 Å². The molecule has 1 aromatic rings. The van der Waals surface area contributed by atoms with Crippen LogP contribution in [0.1, 0.15) is 33.1 Å². The fraction of sp³-hybridized carbons (Fsp3) is 0.500. The van der Waals surface area contributed by atoms with Crippen LogP contribution in [0, 0.1) is 5.92 Å². The van der Waals surface area contributed by atoms with Crippen molar-refractivity contribution in [2.75, 3.05) is 11.4 Å². The Bertz CT molecular complexity index is 516. The second-order valence-electron chi connectivity index (χ2n) is 5.58. The first-order chi connectivity index (χ1) is 10.0. The molecule has 0 saturated carbocycles. The Hall–Kier alpha value is -1.55. The van der Waals surface area contributed by atoms with E-state index in [0.29, 0.717) is 11.6 Å². The van der Waals surface area contributed by atoms with Crippen molar-refractivity contribution in [3.05, 3.63) is 29.3 Å². The molecule has 0 aliphatic carbocycles. The van der Waals surface area contributed by atoms with E-state index in [-0.39, 0.29) is 30.2 Å². The summed E-state index contributed by atoms with van der Waals surface area (Å²) in [5.74, 6) is -0.311. The van der Waals surface area contributed by atoms with E-state index in [1.165, 1.54) is 0 Å². The largest absolute Gasteiger partial charge is 0.353 e. The summed E-state index contributed by atoms with van der Waals surface area (Å²) in [5, 5.41) is 3.62. The van der Waals surface area contributed by atoms with Crippen molar-refractivity contribution in [1.29, 1.82) is 0 Å². The lowest BCUT2D eigenvalue weighted by atomic mass is 10.1. The zero-order valence-electron chi connectivity index (χ0n) is 12.4. The van der Waals surface area contributed by atoms with E-state index in [1.54, 1.807) is 29.2 Å². The number of carbonyl (C=O) groups is 2. The third-order valence-corrected chi connectivity index (χ3v) is 4.00. The van der Waals surface area contributed by atoms with Crippen LogP contribution in [0.5, 0.6) is 0 Å². The average molecular weight is 309 g/mol. The van der Waals surface area contributed by atoms with Gasteiger partial charge >= 0.3 is 0 Å². The third-order valence-electron chi connectivity index (χ3n) is 3.74. The summed E-state index contributed by atoms with van der Waals surface area (Å²) >= 11 is 5.85.